The van der Waals surface area contributed by atoms with Gasteiger partial charge >= 0.3 is 0 Å². The Bertz CT molecular complexity index is 411. The topological polar surface area (TPSA) is 51.0 Å². The van der Waals surface area contributed by atoms with Crippen LogP contribution in [-0.4, -0.2) is 23.6 Å². The van der Waals surface area contributed by atoms with Gasteiger partial charge in [0, 0.05) is 25.4 Å². The average Bonchev–Trinajstić information content (AvgIpc) is 2.76. The van der Waals surface area contributed by atoms with E-state index in [1.165, 1.54) is 0 Å². The Balaban J connectivity index is 2.14. The highest BCUT2D eigenvalue weighted by Gasteiger charge is 2.05. The van der Waals surface area contributed by atoms with Gasteiger partial charge in [-0.2, -0.15) is 0 Å². The molecule has 0 radical (unpaired) electrons. The first kappa shape index (κ1) is 9.86. The molecule has 78 valence electrons. The van der Waals surface area contributed by atoms with Crippen molar-refractivity contribution in [2.45, 2.75) is 6.42 Å². The molecular formula is C11H13N3O. The standard InChI is InChI=1S/C11H13N3O/c1-12-6-4-10-8-15-11(14-10)9-3-2-5-13-7-9/h2-3,5,7-8,12H,4,6H2,1H3. The van der Waals surface area contributed by atoms with Crippen LogP contribution in [0.2, 0.25) is 0 Å². The molecule has 0 saturated heterocycles. The number of hydrogen-bond donors (Lipinski definition) is 1. The monoisotopic (exact) mass is 203 g/mol. The highest BCUT2D eigenvalue weighted by molar-refractivity contribution is 5.50. The second-order valence-electron chi connectivity index (χ2n) is 3.24. The Hall–Kier alpha value is -1.68. The molecule has 0 bridgehead atoms. The van der Waals surface area contributed by atoms with Crippen LogP contribution in [-0.2, 0) is 6.42 Å². The summed E-state index contributed by atoms with van der Waals surface area (Å²) in [5, 5.41) is 3.07. The molecule has 0 aromatic carbocycles. The van der Waals surface area contributed by atoms with Gasteiger partial charge in [0.15, 0.2) is 0 Å². The molecule has 2 heterocycles. The molecular weight excluding hydrogens is 190 g/mol. The smallest absolute Gasteiger partial charge is 0.227 e. The summed E-state index contributed by atoms with van der Waals surface area (Å²) in [5.74, 6) is 0.634. The zero-order valence-electron chi connectivity index (χ0n) is 8.60. The molecule has 0 aliphatic rings. The largest absolute Gasteiger partial charge is 0.444 e. The number of likely N-dealkylation sites (N-methyl/N-ethyl adjacent to an activating group) is 1. The van der Waals surface area contributed by atoms with Gasteiger partial charge in [-0.3, -0.25) is 4.98 Å². The molecule has 1 N–H and O–H groups in total. The summed E-state index contributed by atoms with van der Waals surface area (Å²) in [4.78, 5) is 8.39. The van der Waals surface area contributed by atoms with Gasteiger partial charge in [-0.15, -0.1) is 0 Å². The number of nitrogens with one attached hydrogen (secondary N) is 1. The molecule has 0 spiro atoms. The SMILES string of the molecule is CNCCc1coc(-c2cccnc2)n1. The van der Waals surface area contributed by atoms with Crippen LogP contribution in [0.5, 0.6) is 0 Å². The van der Waals surface area contributed by atoms with Crippen molar-refractivity contribution in [2.24, 2.45) is 0 Å². The number of hydrogen-bond acceptors (Lipinski definition) is 4. The average molecular weight is 203 g/mol. The lowest BCUT2D eigenvalue weighted by atomic mass is 10.3. The Morgan fingerprint density at radius 3 is 3.13 bits per heavy atom. The molecule has 2 rings (SSSR count). The summed E-state index contributed by atoms with van der Waals surface area (Å²) < 4.78 is 5.37. The maximum atomic E-state index is 5.37. The Labute approximate surface area is 88.4 Å². The molecule has 4 heteroatoms. The van der Waals surface area contributed by atoms with Crippen molar-refractivity contribution in [2.75, 3.05) is 13.6 Å². The normalized spacial score (nSPS) is 10.5. The van der Waals surface area contributed by atoms with E-state index in [1.807, 2.05) is 19.2 Å². The number of nitrogens with zero attached hydrogens (tertiary/aromatic N) is 2. The van der Waals surface area contributed by atoms with Crippen molar-refractivity contribution in [1.29, 1.82) is 0 Å². The molecule has 0 amide bonds. The lowest BCUT2D eigenvalue weighted by Gasteiger charge is -1.93. The van der Waals surface area contributed by atoms with Crippen LogP contribution in [0.1, 0.15) is 5.69 Å². The molecule has 0 aliphatic heterocycles. The molecule has 0 fully saturated rings. The summed E-state index contributed by atoms with van der Waals surface area (Å²) in [6, 6.07) is 3.80. The van der Waals surface area contributed by atoms with Gasteiger partial charge < -0.3 is 9.73 Å². The number of oxazole rings is 1. The van der Waals surface area contributed by atoms with Crippen molar-refractivity contribution < 1.29 is 4.42 Å². The first-order valence-corrected chi connectivity index (χ1v) is 4.89. The highest BCUT2D eigenvalue weighted by Crippen LogP contribution is 2.16. The van der Waals surface area contributed by atoms with E-state index in [4.69, 9.17) is 4.42 Å². The van der Waals surface area contributed by atoms with Crippen molar-refractivity contribution in [3.05, 3.63) is 36.5 Å². The quantitative estimate of drug-likeness (QED) is 0.818. The third-order valence-corrected chi connectivity index (χ3v) is 2.09. The molecule has 2 aromatic heterocycles. The van der Waals surface area contributed by atoms with Crippen LogP contribution in [0.3, 0.4) is 0 Å². The Morgan fingerprint density at radius 1 is 1.47 bits per heavy atom. The molecule has 0 saturated carbocycles. The fraction of sp³-hybridized carbons (Fsp3) is 0.273. The highest BCUT2D eigenvalue weighted by atomic mass is 16.3. The summed E-state index contributed by atoms with van der Waals surface area (Å²) in [6.07, 6.45) is 6.04. The van der Waals surface area contributed by atoms with E-state index in [-0.39, 0.29) is 0 Å². The minimum atomic E-state index is 0.634. The Kier molecular flexibility index (Phi) is 3.09. The third kappa shape index (κ3) is 2.41. The van der Waals surface area contributed by atoms with Crippen LogP contribution < -0.4 is 5.32 Å². The predicted molar refractivity (Wildman–Crippen MR) is 57.4 cm³/mol. The fourth-order valence-corrected chi connectivity index (χ4v) is 1.30. The second kappa shape index (κ2) is 4.70. The van der Waals surface area contributed by atoms with Gasteiger partial charge in [-0.25, -0.2) is 4.98 Å². The zero-order chi connectivity index (χ0) is 10.5. The summed E-state index contributed by atoms with van der Waals surface area (Å²) in [6.45, 7) is 0.902. The predicted octanol–water partition coefficient (Wildman–Crippen LogP) is 1.50. The lowest BCUT2D eigenvalue weighted by molar-refractivity contribution is 0.572. The summed E-state index contributed by atoms with van der Waals surface area (Å²) >= 11 is 0. The number of pyridine rings is 1. The first-order valence-electron chi connectivity index (χ1n) is 4.89. The number of aromatic nitrogens is 2. The molecule has 4 nitrogen and oxygen atoms in total. The minimum absolute atomic E-state index is 0.634. The fourth-order valence-electron chi connectivity index (χ4n) is 1.30. The van der Waals surface area contributed by atoms with Gasteiger partial charge in [0.1, 0.15) is 6.26 Å². The summed E-state index contributed by atoms with van der Waals surface area (Å²) in [7, 11) is 1.92. The van der Waals surface area contributed by atoms with Crippen LogP contribution in [0.25, 0.3) is 11.5 Å². The maximum Gasteiger partial charge on any atom is 0.227 e. The van der Waals surface area contributed by atoms with E-state index >= 15 is 0 Å². The summed E-state index contributed by atoms with van der Waals surface area (Å²) in [5.41, 5.74) is 1.87. The van der Waals surface area contributed by atoms with Crippen LogP contribution >= 0.6 is 0 Å². The molecule has 2 aromatic rings. The van der Waals surface area contributed by atoms with E-state index in [1.54, 1.807) is 18.7 Å². The molecule has 0 atom stereocenters. The van der Waals surface area contributed by atoms with E-state index in [0.29, 0.717) is 5.89 Å². The third-order valence-electron chi connectivity index (χ3n) is 2.09. The van der Waals surface area contributed by atoms with Crippen molar-refractivity contribution in [3.8, 4) is 11.5 Å². The maximum absolute atomic E-state index is 5.37. The first-order chi connectivity index (χ1) is 7.40. The van der Waals surface area contributed by atoms with Gasteiger partial charge in [0.05, 0.1) is 11.3 Å². The van der Waals surface area contributed by atoms with Gasteiger partial charge in [0.25, 0.3) is 0 Å². The van der Waals surface area contributed by atoms with Gasteiger partial charge in [0.2, 0.25) is 5.89 Å². The van der Waals surface area contributed by atoms with Crippen molar-refractivity contribution in [3.63, 3.8) is 0 Å². The van der Waals surface area contributed by atoms with E-state index in [9.17, 15) is 0 Å². The molecule has 0 aliphatic carbocycles. The molecule has 15 heavy (non-hydrogen) atoms. The van der Waals surface area contributed by atoms with E-state index < -0.39 is 0 Å². The van der Waals surface area contributed by atoms with Crippen LogP contribution in [0.15, 0.2) is 35.2 Å². The zero-order valence-corrected chi connectivity index (χ0v) is 8.60. The second-order valence-corrected chi connectivity index (χ2v) is 3.24. The van der Waals surface area contributed by atoms with Crippen LogP contribution in [0.4, 0.5) is 0 Å². The van der Waals surface area contributed by atoms with E-state index in [2.05, 4.69) is 15.3 Å². The minimum Gasteiger partial charge on any atom is -0.444 e. The number of rotatable bonds is 4. The van der Waals surface area contributed by atoms with Gasteiger partial charge in [-0.1, -0.05) is 0 Å². The van der Waals surface area contributed by atoms with Crippen molar-refractivity contribution in [1.82, 2.24) is 15.3 Å². The Morgan fingerprint density at radius 2 is 2.40 bits per heavy atom. The van der Waals surface area contributed by atoms with Gasteiger partial charge in [-0.05, 0) is 19.2 Å². The van der Waals surface area contributed by atoms with Crippen molar-refractivity contribution >= 4 is 0 Å². The van der Waals surface area contributed by atoms with E-state index in [0.717, 1.165) is 24.2 Å². The molecule has 0 unspecified atom stereocenters. The van der Waals surface area contributed by atoms with Crippen LogP contribution in [0, 0.1) is 0 Å². The lowest BCUT2D eigenvalue weighted by Crippen LogP contribution is -2.10.